The quantitative estimate of drug-likeness (QED) is 0.848. The summed E-state index contributed by atoms with van der Waals surface area (Å²) in [6, 6.07) is 9.36. The first kappa shape index (κ1) is 13.6. The van der Waals surface area contributed by atoms with Gasteiger partial charge in [0.05, 0.1) is 0 Å². The van der Waals surface area contributed by atoms with Crippen molar-refractivity contribution < 1.29 is 0 Å². The van der Waals surface area contributed by atoms with Gasteiger partial charge < -0.3 is 10.2 Å². The molecular weight excluding hydrogens is 266 g/mol. The second-order valence-electron chi connectivity index (χ2n) is 5.43. The fourth-order valence-electron chi connectivity index (χ4n) is 2.18. The molecule has 0 amide bonds. The lowest BCUT2D eigenvalue weighted by molar-refractivity contribution is 0.686. The van der Waals surface area contributed by atoms with Crippen LogP contribution >= 0.6 is 11.3 Å². The number of likely N-dealkylation sites (N-methyl/N-ethyl adjacent to an activating group) is 1. The van der Waals surface area contributed by atoms with E-state index >= 15 is 0 Å². The molecule has 4 heteroatoms. The van der Waals surface area contributed by atoms with Gasteiger partial charge in [0.15, 0.2) is 0 Å². The Balaban J connectivity index is 1.55. The first-order chi connectivity index (χ1) is 9.81. The molecule has 106 valence electrons. The number of nitrogens with one attached hydrogen (secondary N) is 1. The third-order valence-corrected chi connectivity index (χ3v) is 4.58. The van der Waals surface area contributed by atoms with Crippen LogP contribution in [0.4, 0.5) is 5.82 Å². The molecule has 2 aromatic heterocycles. The minimum Gasteiger partial charge on any atom is -0.359 e. The Kier molecular flexibility index (Phi) is 4.33. The van der Waals surface area contributed by atoms with Gasteiger partial charge in [-0.3, -0.25) is 0 Å². The first-order valence-corrected chi connectivity index (χ1v) is 8.11. The summed E-state index contributed by atoms with van der Waals surface area (Å²) in [5, 5.41) is 5.69. The van der Waals surface area contributed by atoms with Crippen LogP contribution in [0.3, 0.4) is 0 Å². The Morgan fingerprint density at radius 3 is 3.05 bits per heavy atom. The van der Waals surface area contributed by atoms with Gasteiger partial charge >= 0.3 is 0 Å². The van der Waals surface area contributed by atoms with E-state index in [1.165, 1.54) is 23.3 Å². The summed E-state index contributed by atoms with van der Waals surface area (Å²) < 4.78 is 0. The second-order valence-corrected chi connectivity index (χ2v) is 6.46. The number of pyridine rings is 1. The Morgan fingerprint density at radius 1 is 1.40 bits per heavy atom. The molecule has 1 saturated carbocycles. The monoisotopic (exact) mass is 287 g/mol. The Hall–Kier alpha value is -1.39. The molecule has 1 aliphatic rings. The maximum Gasteiger partial charge on any atom is 0.128 e. The van der Waals surface area contributed by atoms with Crippen molar-refractivity contribution in [3.8, 4) is 0 Å². The van der Waals surface area contributed by atoms with E-state index in [4.69, 9.17) is 0 Å². The Bertz CT molecular complexity index is 534. The predicted octanol–water partition coefficient (Wildman–Crippen LogP) is 3.07. The van der Waals surface area contributed by atoms with Gasteiger partial charge in [0.2, 0.25) is 0 Å². The molecule has 3 rings (SSSR count). The summed E-state index contributed by atoms with van der Waals surface area (Å²) in [4.78, 5) is 8.15. The third kappa shape index (κ3) is 3.81. The normalized spacial score (nSPS) is 14.4. The van der Waals surface area contributed by atoms with E-state index in [9.17, 15) is 0 Å². The van der Waals surface area contributed by atoms with Gasteiger partial charge in [0.25, 0.3) is 0 Å². The van der Waals surface area contributed by atoms with Crippen LogP contribution in [0.1, 0.15) is 23.3 Å². The van der Waals surface area contributed by atoms with Crippen molar-refractivity contribution in [1.82, 2.24) is 10.3 Å². The highest BCUT2D eigenvalue weighted by atomic mass is 32.1. The Labute approximate surface area is 124 Å². The summed E-state index contributed by atoms with van der Waals surface area (Å²) in [5.41, 5.74) is 1.32. The Morgan fingerprint density at radius 2 is 2.30 bits per heavy atom. The number of hydrogen-bond donors (Lipinski definition) is 1. The number of hydrogen-bond acceptors (Lipinski definition) is 4. The molecule has 0 bridgehead atoms. The molecule has 0 aliphatic heterocycles. The second kappa shape index (κ2) is 6.37. The number of anilines is 1. The van der Waals surface area contributed by atoms with Gasteiger partial charge in [0.1, 0.15) is 5.82 Å². The van der Waals surface area contributed by atoms with Crippen LogP contribution in [0, 0.1) is 0 Å². The van der Waals surface area contributed by atoms with Crippen molar-refractivity contribution in [3.63, 3.8) is 0 Å². The molecule has 0 unspecified atom stereocenters. The number of thiophene rings is 1. The molecule has 1 N–H and O–H groups in total. The van der Waals surface area contributed by atoms with Crippen LogP contribution in [0.2, 0.25) is 0 Å². The number of aromatic nitrogens is 1. The number of rotatable bonds is 7. The molecule has 0 spiro atoms. The molecule has 0 aromatic carbocycles. The molecule has 2 aromatic rings. The molecular formula is C16H21N3S. The zero-order chi connectivity index (χ0) is 13.8. The van der Waals surface area contributed by atoms with Crippen LogP contribution < -0.4 is 10.2 Å². The standard InChI is InChI=1S/C16H21N3S/c1-19(9-7-15-3-2-10-20-15)16-11-13(6-8-17-16)12-18-14-4-5-14/h2-3,6,8,10-11,14,18H,4-5,7,9,12H2,1H3. The average Bonchev–Trinajstić information content (AvgIpc) is 3.17. The van der Waals surface area contributed by atoms with Gasteiger partial charge in [0, 0.05) is 37.3 Å². The first-order valence-electron chi connectivity index (χ1n) is 7.23. The van der Waals surface area contributed by atoms with Crippen molar-refractivity contribution >= 4 is 17.2 Å². The van der Waals surface area contributed by atoms with Crippen LogP contribution in [0.5, 0.6) is 0 Å². The highest BCUT2D eigenvalue weighted by Gasteiger charge is 2.19. The van der Waals surface area contributed by atoms with Crippen LogP contribution in [0.15, 0.2) is 35.8 Å². The summed E-state index contributed by atoms with van der Waals surface area (Å²) in [5.74, 6) is 1.07. The minimum absolute atomic E-state index is 0.753. The molecule has 20 heavy (non-hydrogen) atoms. The fraction of sp³-hybridized carbons (Fsp3) is 0.438. The van der Waals surface area contributed by atoms with Crippen molar-refractivity contribution in [2.75, 3.05) is 18.5 Å². The highest BCUT2D eigenvalue weighted by molar-refractivity contribution is 7.09. The van der Waals surface area contributed by atoms with E-state index in [0.29, 0.717) is 0 Å². The van der Waals surface area contributed by atoms with Crippen molar-refractivity contribution in [1.29, 1.82) is 0 Å². The van der Waals surface area contributed by atoms with Gasteiger partial charge in [-0.1, -0.05) is 6.07 Å². The SMILES string of the molecule is CN(CCc1cccs1)c1cc(CNC2CC2)ccn1. The predicted molar refractivity (Wildman–Crippen MR) is 85.4 cm³/mol. The van der Waals surface area contributed by atoms with E-state index in [-0.39, 0.29) is 0 Å². The van der Waals surface area contributed by atoms with Gasteiger partial charge in [-0.05, 0) is 48.4 Å². The molecule has 0 radical (unpaired) electrons. The van der Waals surface area contributed by atoms with Gasteiger partial charge in [-0.25, -0.2) is 4.98 Å². The van der Waals surface area contributed by atoms with E-state index in [0.717, 1.165) is 31.4 Å². The van der Waals surface area contributed by atoms with Gasteiger partial charge in [-0.2, -0.15) is 0 Å². The maximum atomic E-state index is 4.48. The minimum atomic E-state index is 0.753. The van der Waals surface area contributed by atoms with E-state index < -0.39 is 0 Å². The molecule has 1 fully saturated rings. The maximum absolute atomic E-state index is 4.48. The summed E-state index contributed by atoms with van der Waals surface area (Å²) >= 11 is 1.82. The van der Waals surface area contributed by atoms with Crippen molar-refractivity contribution in [2.45, 2.75) is 31.8 Å². The van der Waals surface area contributed by atoms with Crippen molar-refractivity contribution in [2.24, 2.45) is 0 Å². The molecule has 0 saturated heterocycles. The summed E-state index contributed by atoms with van der Waals surface area (Å²) in [7, 11) is 2.12. The van der Waals surface area contributed by atoms with Crippen LogP contribution in [-0.4, -0.2) is 24.6 Å². The topological polar surface area (TPSA) is 28.2 Å². The van der Waals surface area contributed by atoms with E-state index in [1.807, 2.05) is 17.5 Å². The molecule has 0 atom stereocenters. The molecule has 3 nitrogen and oxygen atoms in total. The molecule has 2 heterocycles. The third-order valence-electron chi connectivity index (χ3n) is 3.65. The fourth-order valence-corrected chi connectivity index (χ4v) is 2.87. The lowest BCUT2D eigenvalue weighted by Gasteiger charge is -2.18. The average molecular weight is 287 g/mol. The summed E-state index contributed by atoms with van der Waals surface area (Å²) in [6.07, 6.45) is 5.67. The van der Waals surface area contributed by atoms with Gasteiger partial charge in [-0.15, -0.1) is 11.3 Å². The van der Waals surface area contributed by atoms with E-state index in [1.54, 1.807) is 0 Å². The number of nitrogens with zero attached hydrogens (tertiary/aromatic N) is 2. The van der Waals surface area contributed by atoms with E-state index in [2.05, 4.69) is 51.9 Å². The molecule has 1 aliphatic carbocycles. The highest BCUT2D eigenvalue weighted by Crippen LogP contribution is 2.20. The largest absolute Gasteiger partial charge is 0.359 e. The summed E-state index contributed by atoms with van der Waals surface area (Å²) in [6.45, 7) is 1.96. The lowest BCUT2D eigenvalue weighted by atomic mass is 10.2. The van der Waals surface area contributed by atoms with Crippen LogP contribution in [0.25, 0.3) is 0 Å². The zero-order valence-electron chi connectivity index (χ0n) is 11.9. The smallest absolute Gasteiger partial charge is 0.128 e. The van der Waals surface area contributed by atoms with Crippen LogP contribution in [-0.2, 0) is 13.0 Å². The zero-order valence-corrected chi connectivity index (χ0v) is 12.7. The van der Waals surface area contributed by atoms with Crippen molar-refractivity contribution in [3.05, 3.63) is 46.3 Å². The lowest BCUT2D eigenvalue weighted by Crippen LogP contribution is -2.22.